The highest BCUT2D eigenvalue weighted by molar-refractivity contribution is 5.85. The molecule has 0 aromatic heterocycles. The first-order chi connectivity index (χ1) is 7.17. The molecule has 1 aromatic carbocycles. The highest BCUT2D eigenvalue weighted by Crippen LogP contribution is 2.18. The molecule has 0 saturated carbocycles. The van der Waals surface area contributed by atoms with Crippen molar-refractivity contribution < 1.29 is 4.74 Å². The summed E-state index contributed by atoms with van der Waals surface area (Å²) < 4.78 is 5.30. The standard InChI is InChI=1S/C13H21NO.ClH/c1-4-15-11-10-14-13(2,3)12-8-6-5-7-9-12;/h5-9,14H,4,10-11H2,1-3H3;1H. The Hall–Kier alpha value is -0.570. The van der Waals surface area contributed by atoms with Crippen molar-refractivity contribution in [2.45, 2.75) is 26.3 Å². The Labute approximate surface area is 105 Å². The van der Waals surface area contributed by atoms with Crippen LogP contribution in [0.5, 0.6) is 0 Å². The minimum atomic E-state index is 0. The summed E-state index contributed by atoms with van der Waals surface area (Å²) in [6, 6.07) is 10.5. The fraction of sp³-hybridized carbons (Fsp3) is 0.538. The molecule has 3 heteroatoms. The zero-order valence-corrected chi connectivity index (χ0v) is 11.1. The molecule has 0 aliphatic heterocycles. The van der Waals surface area contributed by atoms with E-state index in [4.69, 9.17) is 4.74 Å². The molecule has 0 heterocycles. The average molecular weight is 244 g/mol. The Morgan fingerprint density at radius 1 is 1.19 bits per heavy atom. The number of ether oxygens (including phenoxy) is 1. The van der Waals surface area contributed by atoms with Crippen molar-refractivity contribution in [3.05, 3.63) is 35.9 Å². The van der Waals surface area contributed by atoms with Crippen LogP contribution in [0.4, 0.5) is 0 Å². The molecule has 0 radical (unpaired) electrons. The van der Waals surface area contributed by atoms with Crippen LogP contribution in [0.3, 0.4) is 0 Å². The number of hydrogen-bond acceptors (Lipinski definition) is 2. The fourth-order valence-corrected chi connectivity index (χ4v) is 1.54. The van der Waals surface area contributed by atoms with Gasteiger partial charge < -0.3 is 10.1 Å². The van der Waals surface area contributed by atoms with E-state index in [-0.39, 0.29) is 17.9 Å². The van der Waals surface area contributed by atoms with E-state index in [2.05, 4.69) is 43.4 Å². The smallest absolute Gasteiger partial charge is 0.0591 e. The maximum atomic E-state index is 5.30. The van der Waals surface area contributed by atoms with Crippen molar-refractivity contribution in [3.8, 4) is 0 Å². The molecule has 0 atom stereocenters. The fourth-order valence-electron chi connectivity index (χ4n) is 1.54. The predicted molar refractivity (Wildman–Crippen MR) is 71.2 cm³/mol. The quantitative estimate of drug-likeness (QED) is 0.776. The second-order valence-corrected chi connectivity index (χ2v) is 4.11. The van der Waals surface area contributed by atoms with E-state index in [1.165, 1.54) is 5.56 Å². The lowest BCUT2D eigenvalue weighted by molar-refractivity contribution is 0.142. The molecule has 0 fully saturated rings. The third kappa shape index (κ3) is 4.97. The first kappa shape index (κ1) is 15.4. The van der Waals surface area contributed by atoms with Crippen LogP contribution in [0, 0.1) is 0 Å². The number of hydrogen-bond donors (Lipinski definition) is 1. The third-order valence-electron chi connectivity index (χ3n) is 2.51. The van der Waals surface area contributed by atoms with E-state index in [1.54, 1.807) is 0 Å². The summed E-state index contributed by atoms with van der Waals surface area (Å²) in [6.45, 7) is 8.83. The van der Waals surface area contributed by atoms with E-state index in [0.29, 0.717) is 0 Å². The SMILES string of the molecule is CCOCCNC(C)(C)c1ccccc1.Cl. The van der Waals surface area contributed by atoms with Crippen LogP contribution in [0.2, 0.25) is 0 Å². The van der Waals surface area contributed by atoms with Crippen molar-refractivity contribution in [1.82, 2.24) is 5.32 Å². The Morgan fingerprint density at radius 3 is 2.38 bits per heavy atom. The van der Waals surface area contributed by atoms with Crippen molar-refractivity contribution in [1.29, 1.82) is 0 Å². The zero-order valence-electron chi connectivity index (χ0n) is 10.3. The predicted octanol–water partition coefficient (Wildman–Crippen LogP) is 2.97. The van der Waals surface area contributed by atoms with Gasteiger partial charge in [0.2, 0.25) is 0 Å². The number of halogens is 1. The Bertz CT molecular complexity index is 275. The lowest BCUT2D eigenvalue weighted by Gasteiger charge is -2.27. The first-order valence-electron chi connectivity index (χ1n) is 5.55. The summed E-state index contributed by atoms with van der Waals surface area (Å²) in [4.78, 5) is 0. The van der Waals surface area contributed by atoms with E-state index in [1.807, 2.05) is 13.0 Å². The van der Waals surface area contributed by atoms with Gasteiger partial charge in [0.05, 0.1) is 6.61 Å². The molecule has 0 aliphatic carbocycles. The molecule has 2 nitrogen and oxygen atoms in total. The molecular formula is C13H22ClNO. The van der Waals surface area contributed by atoms with Gasteiger partial charge in [0, 0.05) is 18.7 Å². The van der Waals surface area contributed by atoms with Gasteiger partial charge in [-0.25, -0.2) is 0 Å². The molecule has 1 rings (SSSR count). The highest BCUT2D eigenvalue weighted by atomic mass is 35.5. The van der Waals surface area contributed by atoms with Gasteiger partial charge in [-0.05, 0) is 26.3 Å². The van der Waals surface area contributed by atoms with Gasteiger partial charge >= 0.3 is 0 Å². The number of benzene rings is 1. The Morgan fingerprint density at radius 2 is 1.81 bits per heavy atom. The maximum Gasteiger partial charge on any atom is 0.0591 e. The van der Waals surface area contributed by atoms with Crippen LogP contribution < -0.4 is 5.32 Å². The first-order valence-corrected chi connectivity index (χ1v) is 5.55. The minimum Gasteiger partial charge on any atom is -0.380 e. The summed E-state index contributed by atoms with van der Waals surface area (Å²) in [7, 11) is 0. The van der Waals surface area contributed by atoms with Gasteiger partial charge in [0.1, 0.15) is 0 Å². The summed E-state index contributed by atoms with van der Waals surface area (Å²) >= 11 is 0. The van der Waals surface area contributed by atoms with Crippen molar-refractivity contribution >= 4 is 12.4 Å². The van der Waals surface area contributed by atoms with Crippen LogP contribution in [0.1, 0.15) is 26.3 Å². The van der Waals surface area contributed by atoms with Gasteiger partial charge in [-0.15, -0.1) is 12.4 Å². The van der Waals surface area contributed by atoms with Gasteiger partial charge in [0.15, 0.2) is 0 Å². The van der Waals surface area contributed by atoms with Gasteiger partial charge in [-0.2, -0.15) is 0 Å². The van der Waals surface area contributed by atoms with E-state index in [0.717, 1.165) is 19.8 Å². The normalized spacial score (nSPS) is 10.9. The monoisotopic (exact) mass is 243 g/mol. The second-order valence-electron chi connectivity index (χ2n) is 4.11. The maximum absolute atomic E-state index is 5.30. The summed E-state index contributed by atoms with van der Waals surface area (Å²) in [6.07, 6.45) is 0. The lowest BCUT2D eigenvalue weighted by Crippen LogP contribution is -2.38. The molecule has 1 aromatic rings. The third-order valence-corrected chi connectivity index (χ3v) is 2.51. The van der Waals surface area contributed by atoms with Crippen LogP contribution in [-0.4, -0.2) is 19.8 Å². The van der Waals surface area contributed by atoms with E-state index < -0.39 is 0 Å². The van der Waals surface area contributed by atoms with Gasteiger partial charge in [-0.3, -0.25) is 0 Å². The molecular weight excluding hydrogens is 222 g/mol. The van der Waals surface area contributed by atoms with Crippen LogP contribution in [0.25, 0.3) is 0 Å². The van der Waals surface area contributed by atoms with Crippen molar-refractivity contribution in [3.63, 3.8) is 0 Å². The molecule has 0 unspecified atom stereocenters. The molecule has 0 amide bonds. The summed E-state index contributed by atoms with van der Waals surface area (Å²) in [5.41, 5.74) is 1.32. The van der Waals surface area contributed by atoms with E-state index in [9.17, 15) is 0 Å². The Kier molecular flexibility index (Phi) is 7.39. The average Bonchev–Trinajstić information content (AvgIpc) is 2.26. The largest absolute Gasteiger partial charge is 0.380 e. The zero-order chi connectivity index (χ0) is 11.1. The summed E-state index contributed by atoms with van der Waals surface area (Å²) in [5.74, 6) is 0. The minimum absolute atomic E-state index is 0. The van der Waals surface area contributed by atoms with Gasteiger partial charge in [-0.1, -0.05) is 30.3 Å². The van der Waals surface area contributed by atoms with Crippen molar-refractivity contribution in [2.75, 3.05) is 19.8 Å². The number of nitrogens with one attached hydrogen (secondary N) is 1. The molecule has 0 aliphatic rings. The highest BCUT2D eigenvalue weighted by Gasteiger charge is 2.18. The molecule has 92 valence electrons. The molecule has 1 N–H and O–H groups in total. The second kappa shape index (κ2) is 7.66. The summed E-state index contributed by atoms with van der Waals surface area (Å²) in [5, 5.41) is 3.49. The van der Waals surface area contributed by atoms with Crippen LogP contribution >= 0.6 is 12.4 Å². The topological polar surface area (TPSA) is 21.3 Å². The van der Waals surface area contributed by atoms with Crippen molar-refractivity contribution in [2.24, 2.45) is 0 Å². The lowest BCUT2D eigenvalue weighted by atomic mass is 9.94. The van der Waals surface area contributed by atoms with Crippen LogP contribution in [0.15, 0.2) is 30.3 Å². The molecule has 0 bridgehead atoms. The van der Waals surface area contributed by atoms with Gasteiger partial charge in [0.25, 0.3) is 0 Å². The van der Waals surface area contributed by atoms with Crippen LogP contribution in [-0.2, 0) is 10.3 Å². The molecule has 16 heavy (non-hydrogen) atoms. The molecule has 0 saturated heterocycles. The Balaban J connectivity index is 0.00000225. The molecule has 0 spiro atoms. The number of rotatable bonds is 6. The van der Waals surface area contributed by atoms with E-state index >= 15 is 0 Å².